The van der Waals surface area contributed by atoms with Gasteiger partial charge in [-0.2, -0.15) is 5.26 Å². The Hall–Kier alpha value is -1.56. The smallest absolute Gasteiger partial charge is 0.126 e. The first-order valence-corrected chi connectivity index (χ1v) is 5.90. The summed E-state index contributed by atoms with van der Waals surface area (Å²) >= 11 is 0. The Morgan fingerprint density at radius 1 is 1.44 bits per heavy atom. The third kappa shape index (κ3) is 2.73. The number of pyridine rings is 1. The van der Waals surface area contributed by atoms with Crippen LogP contribution in [0.1, 0.15) is 38.2 Å². The molecule has 1 N–H and O–H groups in total. The van der Waals surface area contributed by atoms with Gasteiger partial charge in [-0.15, -0.1) is 0 Å². The molecule has 3 nitrogen and oxygen atoms in total. The lowest BCUT2D eigenvalue weighted by Gasteiger charge is -2.27. The van der Waals surface area contributed by atoms with Crippen molar-refractivity contribution < 1.29 is 0 Å². The lowest BCUT2D eigenvalue weighted by Crippen LogP contribution is -2.26. The molecule has 0 saturated heterocycles. The van der Waals surface area contributed by atoms with E-state index in [-0.39, 0.29) is 0 Å². The van der Waals surface area contributed by atoms with Crippen LogP contribution in [0.25, 0.3) is 0 Å². The normalized spacial score (nSPS) is 24.8. The number of hydrogen-bond donors (Lipinski definition) is 1. The van der Waals surface area contributed by atoms with Crippen molar-refractivity contribution in [3.05, 3.63) is 23.9 Å². The van der Waals surface area contributed by atoms with Crippen LogP contribution in [-0.2, 0) is 0 Å². The molecular weight excluding hydrogens is 198 g/mol. The molecule has 1 aliphatic rings. The summed E-state index contributed by atoms with van der Waals surface area (Å²) < 4.78 is 0. The number of aromatic nitrogens is 1. The summed E-state index contributed by atoms with van der Waals surface area (Å²) in [4.78, 5) is 4.24. The molecule has 16 heavy (non-hydrogen) atoms. The van der Waals surface area contributed by atoms with E-state index in [9.17, 15) is 0 Å². The highest BCUT2D eigenvalue weighted by Crippen LogP contribution is 2.25. The van der Waals surface area contributed by atoms with E-state index in [1.807, 2.05) is 12.1 Å². The highest BCUT2D eigenvalue weighted by Gasteiger charge is 2.18. The van der Waals surface area contributed by atoms with Crippen LogP contribution in [0.2, 0.25) is 0 Å². The van der Waals surface area contributed by atoms with Crippen LogP contribution in [-0.4, -0.2) is 11.0 Å². The molecule has 0 radical (unpaired) electrons. The van der Waals surface area contributed by atoms with Crippen LogP contribution in [0, 0.1) is 17.2 Å². The van der Waals surface area contributed by atoms with E-state index in [1.165, 1.54) is 25.7 Å². The molecule has 0 aromatic carbocycles. The van der Waals surface area contributed by atoms with Gasteiger partial charge in [-0.3, -0.25) is 0 Å². The largest absolute Gasteiger partial charge is 0.367 e. The topological polar surface area (TPSA) is 48.7 Å². The average Bonchev–Trinajstić information content (AvgIpc) is 2.30. The first-order valence-electron chi connectivity index (χ1n) is 5.90. The second-order valence-corrected chi connectivity index (χ2v) is 4.66. The Kier molecular flexibility index (Phi) is 3.40. The van der Waals surface area contributed by atoms with Gasteiger partial charge >= 0.3 is 0 Å². The highest BCUT2D eigenvalue weighted by atomic mass is 15.0. The zero-order valence-electron chi connectivity index (χ0n) is 9.61. The van der Waals surface area contributed by atoms with Crippen molar-refractivity contribution in [2.75, 3.05) is 5.32 Å². The number of hydrogen-bond acceptors (Lipinski definition) is 3. The molecule has 0 amide bonds. The van der Waals surface area contributed by atoms with Crippen LogP contribution >= 0.6 is 0 Å². The number of nitrogens with one attached hydrogen (secondary N) is 1. The van der Waals surface area contributed by atoms with E-state index < -0.39 is 0 Å². The minimum absolute atomic E-state index is 0.546. The van der Waals surface area contributed by atoms with E-state index in [1.54, 1.807) is 6.20 Å². The zero-order valence-corrected chi connectivity index (χ0v) is 9.61. The third-order valence-corrected chi connectivity index (χ3v) is 3.18. The zero-order chi connectivity index (χ0) is 11.4. The molecule has 1 aromatic rings. The fourth-order valence-electron chi connectivity index (χ4n) is 2.32. The minimum Gasteiger partial charge on any atom is -0.367 e. The van der Waals surface area contributed by atoms with Gasteiger partial charge < -0.3 is 5.32 Å². The molecular formula is C13H17N3. The van der Waals surface area contributed by atoms with Gasteiger partial charge in [0.1, 0.15) is 11.9 Å². The maximum Gasteiger partial charge on any atom is 0.126 e. The van der Waals surface area contributed by atoms with Crippen LogP contribution in [0.4, 0.5) is 5.82 Å². The molecule has 0 spiro atoms. The lowest BCUT2D eigenvalue weighted by atomic mass is 9.87. The number of nitriles is 1. The Morgan fingerprint density at radius 3 is 2.94 bits per heavy atom. The molecule has 1 saturated carbocycles. The second kappa shape index (κ2) is 4.98. The quantitative estimate of drug-likeness (QED) is 0.825. The molecule has 1 heterocycles. The monoisotopic (exact) mass is 215 g/mol. The highest BCUT2D eigenvalue weighted by molar-refractivity contribution is 5.39. The van der Waals surface area contributed by atoms with E-state index in [0.717, 1.165) is 11.7 Å². The van der Waals surface area contributed by atoms with Crippen molar-refractivity contribution in [3.8, 4) is 6.07 Å². The molecule has 0 aliphatic heterocycles. The lowest BCUT2D eigenvalue weighted by molar-refractivity contribution is 0.358. The van der Waals surface area contributed by atoms with Gasteiger partial charge in [0, 0.05) is 12.2 Å². The number of nitrogens with zero attached hydrogens (tertiary/aromatic N) is 2. The fraction of sp³-hybridized carbons (Fsp3) is 0.538. The Labute approximate surface area is 96.5 Å². The van der Waals surface area contributed by atoms with Gasteiger partial charge in [0.15, 0.2) is 0 Å². The Bertz CT molecular complexity index is 377. The van der Waals surface area contributed by atoms with Crippen molar-refractivity contribution in [2.45, 2.75) is 38.6 Å². The fourth-order valence-corrected chi connectivity index (χ4v) is 2.32. The van der Waals surface area contributed by atoms with E-state index in [4.69, 9.17) is 5.26 Å². The van der Waals surface area contributed by atoms with Crippen molar-refractivity contribution in [2.24, 2.45) is 5.92 Å². The maximum absolute atomic E-state index is 8.67. The van der Waals surface area contributed by atoms with Gasteiger partial charge in [0.05, 0.1) is 5.56 Å². The summed E-state index contributed by atoms with van der Waals surface area (Å²) in [6.45, 7) is 2.31. The van der Waals surface area contributed by atoms with Crippen molar-refractivity contribution >= 4 is 5.82 Å². The molecule has 84 valence electrons. The summed E-state index contributed by atoms with van der Waals surface area (Å²) in [7, 11) is 0. The van der Waals surface area contributed by atoms with Gasteiger partial charge in [-0.25, -0.2) is 4.98 Å². The van der Waals surface area contributed by atoms with Crippen LogP contribution < -0.4 is 5.32 Å². The Morgan fingerprint density at radius 2 is 2.31 bits per heavy atom. The maximum atomic E-state index is 8.67. The Balaban J connectivity index is 1.95. The standard InChI is InChI=1S/C13H17N3/c1-10-3-2-4-12(7-10)16-13-6-5-11(8-14)9-15-13/h5-6,9-10,12H,2-4,7H2,1H3,(H,15,16)/t10-,12+/m0/s1. The molecule has 2 rings (SSSR count). The first kappa shape index (κ1) is 10.9. The predicted molar refractivity (Wildman–Crippen MR) is 64.0 cm³/mol. The van der Waals surface area contributed by atoms with Gasteiger partial charge in [0.25, 0.3) is 0 Å². The third-order valence-electron chi connectivity index (χ3n) is 3.18. The summed E-state index contributed by atoms with van der Waals surface area (Å²) in [6.07, 6.45) is 6.72. The van der Waals surface area contributed by atoms with E-state index in [0.29, 0.717) is 11.6 Å². The van der Waals surface area contributed by atoms with Crippen LogP contribution in [0.15, 0.2) is 18.3 Å². The van der Waals surface area contributed by atoms with Crippen LogP contribution in [0.5, 0.6) is 0 Å². The number of rotatable bonds is 2. The first-order chi connectivity index (χ1) is 7.78. The molecule has 2 atom stereocenters. The minimum atomic E-state index is 0.546. The molecule has 1 fully saturated rings. The average molecular weight is 215 g/mol. The second-order valence-electron chi connectivity index (χ2n) is 4.66. The van der Waals surface area contributed by atoms with Crippen molar-refractivity contribution in [1.29, 1.82) is 5.26 Å². The molecule has 1 aliphatic carbocycles. The van der Waals surface area contributed by atoms with Gasteiger partial charge in [-0.05, 0) is 30.9 Å². The van der Waals surface area contributed by atoms with E-state index >= 15 is 0 Å². The van der Waals surface area contributed by atoms with Gasteiger partial charge in [0.2, 0.25) is 0 Å². The summed E-state index contributed by atoms with van der Waals surface area (Å²) in [5, 5.41) is 12.1. The molecule has 1 aromatic heterocycles. The van der Waals surface area contributed by atoms with E-state index in [2.05, 4.69) is 23.3 Å². The van der Waals surface area contributed by atoms with Crippen molar-refractivity contribution in [3.63, 3.8) is 0 Å². The summed E-state index contributed by atoms with van der Waals surface area (Å²) in [5.41, 5.74) is 0.613. The molecule has 0 unspecified atom stereocenters. The van der Waals surface area contributed by atoms with Crippen molar-refractivity contribution in [1.82, 2.24) is 4.98 Å². The van der Waals surface area contributed by atoms with Crippen LogP contribution in [0.3, 0.4) is 0 Å². The predicted octanol–water partition coefficient (Wildman–Crippen LogP) is 2.94. The molecule has 0 bridgehead atoms. The summed E-state index contributed by atoms with van der Waals surface area (Å²) in [5.74, 6) is 1.70. The van der Waals surface area contributed by atoms with Gasteiger partial charge in [-0.1, -0.05) is 19.8 Å². The number of anilines is 1. The SMILES string of the molecule is C[C@H]1CCC[C@@H](Nc2ccc(C#N)cn2)C1. The molecule has 3 heteroatoms. The summed E-state index contributed by atoms with van der Waals surface area (Å²) in [6, 6.07) is 6.31.